The summed E-state index contributed by atoms with van der Waals surface area (Å²) in [5, 5.41) is 3.23. The molecule has 1 aliphatic heterocycles. The van der Waals surface area contributed by atoms with Crippen LogP contribution in [0.5, 0.6) is 0 Å². The molecular weight excluding hydrogens is 400 g/mol. The zero-order valence-corrected chi connectivity index (χ0v) is 15.6. The lowest BCUT2D eigenvalue weighted by molar-refractivity contribution is -0.121. The van der Waals surface area contributed by atoms with Gasteiger partial charge in [0.05, 0.1) is 0 Å². The molecule has 136 valence electrons. The highest BCUT2D eigenvalue weighted by Crippen LogP contribution is 2.22. The predicted octanol–water partition coefficient (Wildman–Crippen LogP) is 2.52. The molecule has 2 amide bonds. The molecule has 2 aromatic rings. The highest BCUT2D eigenvalue weighted by molar-refractivity contribution is 9.10. The van der Waals surface area contributed by atoms with Crippen molar-refractivity contribution < 1.29 is 14.3 Å². The molecule has 7 nitrogen and oxygen atoms in total. The van der Waals surface area contributed by atoms with E-state index in [4.69, 9.17) is 10.5 Å². The van der Waals surface area contributed by atoms with Gasteiger partial charge in [-0.25, -0.2) is 9.78 Å². The number of carbonyl (C=O) groups is 2. The van der Waals surface area contributed by atoms with Crippen molar-refractivity contribution in [2.45, 2.75) is 25.1 Å². The summed E-state index contributed by atoms with van der Waals surface area (Å²) >= 11 is 3.31. The third-order valence-corrected chi connectivity index (χ3v) is 4.58. The van der Waals surface area contributed by atoms with Crippen LogP contribution in [0.25, 0.3) is 0 Å². The van der Waals surface area contributed by atoms with Gasteiger partial charge < -0.3 is 15.8 Å². The van der Waals surface area contributed by atoms with Crippen molar-refractivity contribution in [2.24, 2.45) is 5.73 Å². The van der Waals surface area contributed by atoms with Gasteiger partial charge in [0.15, 0.2) is 0 Å². The Balaban J connectivity index is 1.63. The van der Waals surface area contributed by atoms with Gasteiger partial charge in [-0.15, -0.1) is 0 Å². The quantitative estimate of drug-likeness (QED) is 0.726. The largest absolute Gasteiger partial charge is 0.445 e. The number of pyridine rings is 1. The second-order valence-electron chi connectivity index (χ2n) is 6.03. The lowest BCUT2D eigenvalue weighted by Crippen LogP contribution is -2.44. The van der Waals surface area contributed by atoms with Gasteiger partial charge in [0, 0.05) is 12.6 Å². The number of anilines is 1. The minimum absolute atomic E-state index is 0.140. The minimum Gasteiger partial charge on any atom is -0.445 e. The Hall–Kier alpha value is -2.61. The zero-order chi connectivity index (χ0) is 18.5. The standard InChI is InChI=1S/C18H19BrN4O3/c19-15-7-4-8-16(22-15)21-13-9-14(17(20)24)23(10-13)18(25)26-11-12-5-2-1-3-6-12/h1-8,13-14H,9-11H2,(H2,20,24)(H,21,22)/t13-,14-/m0/s1. The molecule has 0 unspecified atom stereocenters. The van der Waals surface area contributed by atoms with E-state index in [0.717, 1.165) is 5.56 Å². The fraction of sp³-hybridized carbons (Fsp3) is 0.278. The zero-order valence-electron chi connectivity index (χ0n) is 14.0. The average Bonchev–Trinajstić information content (AvgIpc) is 3.05. The highest BCUT2D eigenvalue weighted by atomic mass is 79.9. The molecule has 3 rings (SSSR count). The van der Waals surface area contributed by atoms with Gasteiger partial charge in [-0.3, -0.25) is 9.69 Å². The number of benzene rings is 1. The molecule has 1 aliphatic rings. The molecule has 3 N–H and O–H groups in total. The second-order valence-corrected chi connectivity index (χ2v) is 6.85. The number of hydrogen-bond donors (Lipinski definition) is 2. The molecule has 0 spiro atoms. The molecule has 1 aromatic carbocycles. The van der Waals surface area contributed by atoms with Crippen LogP contribution in [-0.2, 0) is 16.1 Å². The Morgan fingerprint density at radius 1 is 1.23 bits per heavy atom. The van der Waals surface area contributed by atoms with Crippen molar-refractivity contribution >= 4 is 33.7 Å². The van der Waals surface area contributed by atoms with Crippen molar-refractivity contribution in [3.05, 3.63) is 58.7 Å². The summed E-state index contributed by atoms with van der Waals surface area (Å²) in [6, 6.07) is 14.0. The lowest BCUT2D eigenvalue weighted by atomic mass is 10.1. The summed E-state index contributed by atoms with van der Waals surface area (Å²) in [6.45, 7) is 0.461. The van der Waals surface area contributed by atoms with Gasteiger partial charge in [0.2, 0.25) is 5.91 Å². The van der Waals surface area contributed by atoms with Gasteiger partial charge in [-0.1, -0.05) is 36.4 Å². The molecule has 1 aromatic heterocycles. The summed E-state index contributed by atoms with van der Waals surface area (Å²) in [6.07, 6.45) is -0.145. The molecule has 2 atom stereocenters. The van der Waals surface area contributed by atoms with Crippen molar-refractivity contribution in [2.75, 3.05) is 11.9 Å². The third kappa shape index (κ3) is 4.51. The van der Waals surface area contributed by atoms with Crippen LogP contribution in [0.4, 0.5) is 10.6 Å². The SMILES string of the molecule is NC(=O)[C@@H]1C[C@H](Nc2cccc(Br)n2)CN1C(=O)OCc1ccccc1. The van der Waals surface area contributed by atoms with Gasteiger partial charge in [-0.2, -0.15) is 0 Å². The van der Waals surface area contributed by atoms with Gasteiger partial charge in [-0.05, 0) is 40.0 Å². The molecule has 2 heterocycles. The van der Waals surface area contributed by atoms with Crippen LogP contribution in [-0.4, -0.2) is 40.5 Å². The van der Waals surface area contributed by atoms with E-state index >= 15 is 0 Å². The number of halogens is 1. The molecular formula is C18H19BrN4O3. The van der Waals surface area contributed by atoms with Gasteiger partial charge in [0.25, 0.3) is 0 Å². The second kappa shape index (κ2) is 8.18. The van der Waals surface area contributed by atoms with Crippen LogP contribution in [0.3, 0.4) is 0 Å². The Morgan fingerprint density at radius 3 is 2.69 bits per heavy atom. The van der Waals surface area contributed by atoms with Crippen molar-refractivity contribution in [1.29, 1.82) is 0 Å². The third-order valence-electron chi connectivity index (χ3n) is 4.14. The number of aromatic nitrogens is 1. The van der Waals surface area contributed by atoms with Crippen LogP contribution in [0.15, 0.2) is 53.1 Å². The highest BCUT2D eigenvalue weighted by Gasteiger charge is 2.39. The number of hydrogen-bond acceptors (Lipinski definition) is 5. The maximum Gasteiger partial charge on any atom is 0.410 e. The van der Waals surface area contributed by atoms with Gasteiger partial charge in [0.1, 0.15) is 23.1 Å². The molecule has 1 fully saturated rings. The van der Waals surface area contributed by atoms with Crippen LogP contribution < -0.4 is 11.1 Å². The number of carbonyl (C=O) groups excluding carboxylic acids is 2. The Labute approximate surface area is 159 Å². The number of likely N-dealkylation sites (tertiary alicyclic amines) is 1. The Kier molecular flexibility index (Phi) is 5.72. The van der Waals surface area contributed by atoms with E-state index in [-0.39, 0.29) is 12.6 Å². The van der Waals surface area contributed by atoms with E-state index in [1.165, 1.54) is 4.90 Å². The van der Waals surface area contributed by atoms with E-state index in [1.54, 1.807) is 0 Å². The first kappa shape index (κ1) is 18.2. The first-order valence-electron chi connectivity index (χ1n) is 8.18. The monoisotopic (exact) mass is 418 g/mol. The van der Waals surface area contributed by atoms with E-state index in [0.29, 0.717) is 23.4 Å². The fourth-order valence-corrected chi connectivity index (χ4v) is 3.26. The van der Waals surface area contributed by atoms with Crippen LogP contribution >= 0.6 is 15.9 Å². The first-order chi connectivity index (χ1) is 12.5. The number of primary amides is 1. The maximum atomic E-state index is 12.4. The molecule has 0 aliphatic carbocycles. The summed E-state index contributed by atoms with van der Waals surface area (Å²) in [5.74, 6) is 0.111. The van der Waals surface area contributed by atoms with Crippen molar-refractivity contribution in [3.8, 4) is 0 Å². The average molecular weight is 419 g/mol. The van der Waals surface area contributed by atoms with Crippen LogP contribution in [0.2, 0.25) is 0 Å². The number of rotatable bonds is 5. The first-order valence-corrected chi connectivity index (χ1v) is 8.98. The van der Waals surface area contributed by atoms with Crippen LogP contribution in [0, 0.1) is 0 Å². The molecule has 0 saturated carbocycles. The topological polar surface area (TPSA) is 97.5 Å². The van der Waals surface area contributed by atoms with Gasteiger partial charge >= 0.3 is 6.09 Å². The fourth-order valence-electron chi connectivity index (χ4n) is 2.91. The van der Waals surface area contributed by atoms with E-state index in [1.807, 2.05) is 48.5 Å². The molecule has 1 saturated heterocycles. The normalized spacial score (nSPS) is 19.2. The summed E-state index contributed by atoms with van der Waals surface area (Å²) in [5.41, 5.74) is 6.35. The molecule has 0 bridgehead atoms. The number of nitrogens with one attached hydrogen (secondary N) is 1. The van der Waals surface area contributed by atoms with Crippen LogP contribution in [0.1, 0.15) is 12.0 Å². The number of amides is 2. The summed E-state index contributed by atoms with van der Waals surface area (Å²) in [4.78, 5) is 29.9. The Morgan fingerprint density at radius 2 is 2.00 bits per heavy atom. The molecule has 8 heteroatoms. The van der Waals surface area contributed by atoms with E-state index < -0.39 is 18.0 Å². The lowest BCUT2D eigenvalue weighted by Gasteiger charge is -2.21. The van der Waals surface area contributed by atoms with Crippen molar-refractivity contribution in [3.63, 3.8) is 0 Å². The van der Waals surface area contributed by atoms with E-state index in [2.05, 4.69) is 26.2 Å². The summed E-state index contributed by atoms with van der Waals surface area (Å²) < 4.78 is 6.04. The van der Waals surface area contributed by atoms with E-state index in [9.17, 15) is 9.59 Å². The number of nitrogens with two attached hydrogens (primary N) is 1. The number of nitrogens with zero attached hydrogens (tertiary/aromatic N) is 2. The maximum absolute atomic E-state index is 12.4. The molecule has 0 radical (unpaired) electrons. The van der Waals surface area contributed by atoms with Crippen molar-refractivity contribution in [1.82, 2.24) is 9.88 Å². The summed E-state index contributed by atoms with van der Waals surface area (Å²) in [7, 11) is 0. The number of ether oxygens (including phenoxy) is 1. The molecule has 26 heavy (non-hydrogen) atoms. The minimum atomic E-state index is -0.706. The Bertz CT molecular complexity index is 787. The smallest absolute Gasteiger partial charge is 0.410 e. The predicted molar refractivity (Wildman–Crippen MR) is 100 cm³/mol.